The van der Waals surface area contributed by atoms with Crippen molar-refractivity contribution >= 4 is 0 Å². The van der Waals surface area contributed by atoms with E-state index in [2.05, 4.69) is 152 Å². The van der Waals surface area contributed by atoms with Crippen LogP contribution in [-0.4, -0.2) is 9.97 Å². The zero-order chi connectivity index (χ0) is 28.8. The first-order valence-electron chi connectivity index (χ1n) is 14.6. The second-order valence-electron chi connectivity index (χ2n) is 10.6. The number of benzene rings is 5. The molecule has 5 aromatic carbocycles. The van der Waals surface area contributed by atoms with Crippen LogP contribution < -0.4 is 0 Å². The summed E-state index contributed by atoms with van der Waals surface area (Å²) in [6.07, 6.45) is 2.67. The molecule has 0 unspecified atom stereocenters. The van der Waals surface area contributed by atoms with E-state index in [9.17, 15) is 0 Å². The molecule has 0 saturated carbocycles. The maximum Gasteiger partial charge on any atom is 0.0718 e. The predicted octanol–water partition coefficient (Wildman–Crippen LogP) is 10.4. The van der Waals surface area contributed by atoms with Gasteiger partial charge in [-0.25, -0.2) is 4.98 Å². The Labute approximate surface area is 253 Å². The van der Waals surface area contributed by atoms with Gasteiger partial charge in [0.1, 0.15) is 0 Å². The zero-order valence-electron chi connectivity index (χ0n) is 23.8. The van der Waals surface area contributed by atoms with Crippen molar-refractivity contribution in [2.75, 3.05) is 0 Å². The van der Waals surface area contributed by atoms with Gasteiger partial charge in [0.15, 0.2) is 0 Å². The van der Waals surface area contributed by atoms with E-state index in [1.54, 1.807) is 0 Å². The minimum absolute atomic E-state index is 0.765. The first kappa shape index (κ1) is 26.3. The van der Waals surface area contributed by atoms with Crippen molar-refractivity contribution in [3.63, 3.8) is 0 Å². The molecule has 2 heterocycles. The van der Waals surface area contributed by atoms with Crippen LogP contribution in [0.25, 0.3) is 56.0 Å². The first-order valence-corrected chi connectivity index (χ1v) is 14.6. The molecular formula is C41H30N2. The maximum absolute atomic E-state index is 5.22. The number of nitrogens with zero attached hydrogens (tertiary/aromatic N) is 2. The Kier molecular flexibility index (Phi) is 7.40. The van der Waals surface area contributed by atoms with Gasteiger partial charge < -0.3 is 0 Å². The summed E-state index contributed by atoms with van der Waals surface area (Å²) in [4.78, 5) is 10.0. The van der Waals surface area contributed by atoms with E-state index in [0.717, 1.165) is 51.3 Å². The molecule has 204 valence electrons. The minimum Gasteiger partial charge on any atom is -0.256 e. The quantitative estimate of drug-likeness (QED) is 0.197. The van der Waals surface area contributed by atoms with Crippen molar-refractivity contribution in [3.8, 4) is 56.0 Å². The fourth-order valence-corrected chi connectivity index (χ4v) is 5.66. The Morgan fingerprint density at radius 2 is 0.814 bits per heavy atom. The molecule has 0 amide bonds. The van der Waals surface area contributed by atoms with Crippen molar-refractivity contribution in [3.05, 3.63) is 181 Å². The lowest BCUT2D eigenvalue weighted by molar-refractivity contribution is 1.17. The molecule has 0 bridgehead atoms. The molecule has 7 aromatic rings. The monoisotopic (exact) mass is 550 g/mol. The van der Waals surface area contributed by atoms with E-state index >= 15 is 0 Å². The van der Waals surface area contributed by atoms with Gasteiger partial charge in [0.2, 0.25) is 0 Å². The predicted molar refractivity (Wildman–Crippen MR) is 178 cm³/mol. The third-order valence-electron chi connectivity index (χ3n) is 7.84. The largest absolute Gasteiger partial charge is 0.256 e. The summed E-state index contributed by atoms with van der Waals surface area (Å²) in [5, 5.41) is 0. The van der Waals surface area contributed by atoms with E-state index in [0.29, 0.717) is 0 Å². The van der Waals surface area contributed by atoms with Crippen LogP contribution in [0.15, 0.2) is 170 Å². The minimum atomic E-state index is 0.765. The fraction of sp³-hybridized carbons (Fsp3) is 0.0244. The highest BCUT2D eigenvalue weighted by Crippen LogP contribution is 2.34. The number of pyridine rings is 2. The molecule has 2 aromatic heterocycles. The molecule has 0 fully saturated rings. The van der Waals surface area contributed by atoms with Crippen molar-refractivity contribution in [2.45, 2.75) is 6.42 Å². The van der Waals surface area contributed by atoms with Gasteiger partial charge in [-0.15, -0.1) is 0 Å². The molecule has 0 aliphatic carbocycles. The Bertz CT molecular complexity index is 1920. The van der Waals surface area contributed by atoms with E-state index < -0.39 is 0 Å². The number of hydrogen-bond donors (Lipinski definition) is 0. The summed E-state index contributed by atoms with van der Waals surface area (Å²) in [5.41, 5.74) is 13.4. The molecule has 2 nitrogen and oxygen atoms in total. The number of rotatable bonds is 7. The third-order valence-corrected chi connectivity index (χ3v) is 7.84. The zero-order valence-corrected chi connectivity index (χ0v) is 23.8. The molecule has 0 N–H and O–H groups in total. The Morgan fingerprint density at radius 1 is 0.349 bits per heavy atom. The van der Waals surface area contributed by atoms with E-state index in [1.807, 2.05) is 18.3 Å². The van der Waals surface area contributed by atoms with Crippen LogP contribution in [-0.2, 0) is 6.42 Å². The van der Waals surface area contributed by atoms with Crippen molar-refractivity contribution in [2.24, 2.45) is 0 Å². The Balaban J connectivity index is 1.31. The van der Waals surface area contributed by atoms with Gasteiger partial charge >= 0.3 is 0 Å². The summed E-state index contributed by atoms with van der Waals surface area (Å²) in [7, 11) is 0. The SMILES string of the molecule is c1ccc(-c2ccnc(-c3ccccc3Cc3ccccc3-c3cc(-c4ccccc4)cc(-c4ccccc4)n3)c2)cc1. The fourth-order valence-electron chi connectivity index (χ4n) is 5.66. The third kappa shape index (κ3) is 5.77. The van der Waals surface area contributed by atoms with Gasteiger partial charge in [-0.2, -0.15) is 0 Å². The lowest BCUT2D eigenvalue weighted by Crippen LogP contribution is -1.98. The van der Waals surface area contributed by atoms with E-state index in [-0.39, 0.29) is 0 Å². The highest BCUT2D eigenvalue weighted by atomic mass is 14.7. The smallest absolute Gasteiger partial charge is 0.0718 e. The van der Waals surface area contributed by atoms with Crippen LogP contribution in [0, 0.1) is 0 Å². The average Bonchev–Trinajstić information content (AvgIpc) is 3.10. The molecule has 0 radical (unpaired) electrons. The van der Waals surface area contributed by atoms with Gasteiger partial charge in [-0.05, 0) is 64.1 Å². The molecule has 7 rings (SSSR count). The van der Waals surface area contributed by atoms with Gasteiger partial charge in [-0.1, -0.05) is 140 Å². The summed E-state index contributed by atoms with van der Waals surface area (Å²) >= 11 is 0. The van der Waals surface area contributed by atoms with Crippen LogP contribution in [0.3, 0.4) is 0 Å². The van der Waals surface area contributed by atoms with Crippen LogP contribution in [0.2, 0.25) is 0 Å². The highest BCUT2D eigenvalue weighted by Gasteiger charge is 2.14. The van der Waals surface area contributed by atoms with Crippen LogP contribution in [0.5, 0.6) is 0 Å². The second-order valence-corrected chi connectivity index (χ2v) is 10.6. The van der Waals surface area contributed by atoms with Crippen molar-refractivity contribution < 1.29 is 0 Å². The van der Waals surface area contributed by atoms with Gasteiger partial charge in [-0.3, -0.25) is 4.98 Å². The Morgan fingerprint density at radius 3 is 1.44 bits per heavy atom. The lowest BCUT2D eigenvalue weighted by atomic mass is 9.92. The Hall–Kier alpha value is -5.60. The molecular weight excluding hydrogens is 520 g/mol. The van der Waals surface area contributed by atoms with Crippen LogP contribution in [0.4, 0.5) is 0 Å². The number of aromatic nitrogens is 2. The van der Waals surface area contributed by atoms with E-state index in [1.165, 1.54) is 22.3 Å². The van der Waals surface area contributed by atoms with E-state index in [4.69, 9.17) is 9.97 Å². The summed E-state index contributed by atoms with van der Waals surface area (Å²) in [6, 6.07) is 57.4. The molecule has 0 aliphatic heterocycles. The van der Waals surface area contributed by atoms with Crippen LogP contribution >= 0.6 is 0 Å². The average molecular weight is 551 g/mol. The molecule has 0 spiro atoms. The molecule has 0 aliphatic rings. The summed E-state index contributed by atoms with van der Waals surface area (Å²) < 4.78 is 0. The topological polar surface area (TPSA) is 25.8 Å². The molecule has 43 heavy (non-hydrogen) atoms. The molecule has 0 atom stereocenters. The second kappa shape index (κ2) is 12.1. The lowest BCUT2D eigenvalue weighted by Gasteiger charge is -2.15. The van der Waals surface area contributed by atoms with Gasteiger partial charge in [0.05, 0.1) is 17.1 Å². The molecule has 0 saturated heterocycles. The number of hydrogen-bond acceptors (Lipinski definition) is 2. The summed E-state index contributed by atoms with van der Waals surface area (Å²) in [6.45, 7) is 0. The normalized spacial score (nSPS) is 10.9. The van der Waals surface area contributed by atoms with Gasteiger partial charge in [0, 0.05) is 22.9 Å². The van der Waals surface area contributed by atoms with Crippen LogP contribution in [0.1, 0.15) is 11.1 Å². The van der Waals surface area contributed by atoms with Crippen molar-refractivity contribution in [1.29, 1.82) is 0 Å². The standard InChI is InChI=1S/C41H30N2/c1-4-14-30(15-5-1)33-24-25-42-40(27-33)37-22-12-10-20-34(37)26-35-21-11-13-23-38(35)41-29-36(31-16-6-2-7-17-31)28-39(43-41)32-18-8-3-9-19-32/h1-25,27-29H,26H2. The summed E-state index contributed by atoms with van der Waals surface area (Å²) in [5.74, 6) is 0. The van der Waals surface area contributed by atoms with Gasteiger partial charge in [0.25, 0.3) is 0 Å². The molecule has 2 heteroatoms. The van der Waals surface area contributed by atoms with Crippen molar-refractivity contribution in [1.82, 2.24) is 9.97 Å². The first-order chi connectivity index (χ1) is 21.3. The highest BCUT2D eigenvalue weighted by molar-refractivity contribution is 5.78. The maximum atomic E-state index is 5.22.